The van der Waals surface area contributed by atoms with Gasteiger partial charge in [-0.2, -0.15) is 0 Å². The number of carbonyl (C=O) groups is 1. The van der Waals surface area contributed by atoms with Crippen LogP contribution in [0.25, 0.3) is 0 Å². The van der Waals surface area contributed by atoms with Crippen LogP contribution in [0.2, 0.25) is 0 Å². The van der Waals surface area contributed by atoms with Crippen LogP contribution in [0.5, 0.6) is 0 Å². The molecule has 0 aliphatic carbocycles. The molecule has 0 spiro atoms. The lowest BCUT2D eigenvalue weighted by molar-refractivity contribution is -0.870. The second-order valence-electron chi connectivity index (χ2n) is 24.2. The van der Waals surface area contributed by atoms with Gasteiger partial charge in [0.05, 0.1) is 39.9 Å². The number of phosphoric ester groups is 1. The first-order valence-corrected chi connectivity index (χ1v) is 34.7. The Kier molecular flexibility index (Phi) is 56.9. The van der Waals surface area contributed by atoms with Crippen molar-refractivity contribution in [2.45, 2.75) is 353 Å². The van der Waals surface area contributed by atoms with Crippen molar-refractivity contribution < 1.29 is 32.9 Å². The van der Waals surface area contributed by atoms with Crippen LogP contribution in [0.4, 0.5) is 0 Å². The minimum absolute atomic E-state index is 0.0643. The lowest BCUT2D eigenvalue weighted by Crippen LogP contribution is -2.45. The highest BCUT2D eigenvalue weighted by atomic mass is 31.2. The van der Waals surface area contributed by atoms with E-state index in [2.05, 4.69) is 31.3 Å². The molecule has 3 unspecified atom stereocenters. The number of hydrogen-bond acceptors (Lipinski definition) is 5. The van der Waals surface area contributed by atoms with Crippen LogP contribution in [0.15, 0.2) is 24.3 Å². The lowest BCUT2D eigenvalue weighted by Gasteiger charge is -2.25. The van der Waals surface area contributed by atoms with Gasteiger partial charge in [0.15, 0.2) is 0 Å². The molecule has 0 saturated carbocycles. The highest BCUT2D eigenvalue weighted by Gasteiger charge is 2.28. The first kappa shape index (κ1) is 74.0. The van der Waals surface area contributed by atoms with Gasteiger partial charge in [-0.05, 0) is 44.9 Å². The summed E-state index contributed by atoms with van der Waals surface area (Å²) in [6.07, 6.45) is 74.5. The van der Waals surface area contributed by atoms with Crippen LogP contribution in [0, 0.1) is 0 Å². The van der Waals surface area contributed by atoms with Crippen LogP contribution >= 0.6 is 7.82 Å². The average molecular weight is 1080 g/mol. The summed E-state index contributed by atoms with van der Waals surface area (Å²) in [6.45, 7) is 4.87. The average Bonchev–Trinajstić information content (AvgIpc) is 3.37. The van der Waals surface area contributed by atoms with E-state index in [0.29, 0.717) is 17.4 Å². The monoisotopic (exact) mass is 1080 g/mol. The van der Waals surface area contributed by atoms with E-state index in [4.69, 9.17) is 9.05 Å². The highest BCUT2D eigenvalue weighted by Crippen LogP contribution is 2.43. The number of rotatable bonds is 62. The zero-order valence-electron chi connectivity index (χ0n) is 51.1. The van der Waals surface area contributed by atoms with Crippen LogP contribution in [0.3, 0.4) is 0 Å². The van der Waals surface area contributed by atoms with Crippen LogP contribution in [0.1, 0.15) is 341 Å². The molecule has 3 atom stereocenters. The molecule has 75 heavy (non-hydrogen) atoms. The fourth-order valence-electron chi connectivity index (χ4n) is 10.2. The number of nitrogens with zero attached hydrogens (tertiary/aromatic N) is 1. The first-order valence-electron chi connectivity index (χ1n) is 33.2. The van der Waals surface area contributed by atoms with Gasteiger partial charge >= 0.3 is 7.82 Å². The van der Waals surface area contributed by atoms with E-state index in [9.17, 15) is 19.4 Å². The number of phosphoric acid groups is 1. The molecule has 0 rings (SSSR count). The number of unbranched alkanes of at least 4 members (excludes halogenated alkanes) is 47. The number of likely N-dealkylation sites (N-methyl/N-ethyl adjacent to an activating group) is 1. The van der Waals surface area contributed by atoms with Gasteiger partial charge in [-0.25, -0.2) is 4.57 Å². The fourth-order valence-corrected chi connectivity index (χ4v) is 11.0. The molecule has 0 aromatic carbocycles. The zero-order chi connectivity index (χ0) is 54.9. The Morgan fingerprint density at radius 1 is 0.440 bits per heavy atom. The number of aliphatic hydroxyl groups excluding tert-OH is 1. The quantitative estimate of drug-likeness (QED) is 0.0243. The Hall–Kier alpha value is -1.02. The molecule has 0 aromatic rings. The molecule has 0 aliphatic rings. The third kappa shape index (κ3) is 60.5. The summed E-state index contributed by atoms with van der Waals surface area (Å²) in [5, 5.41) is 14.0. The molecule has 0 bridgehead atoms. The second kappa shape index (κ2) is 57.7. The summed E-state index contributed by atoms with van der Waals surface area (Å²) in [6, 6.07) is -0.845. The van der Waals surface area contributed by atoms with Gasteiger partial charge in [0, 0.05) is 6.42 Å². The molecule has 1 amide bonds. The summed E-state index contributed by atoms with van der Waals surface area (Å²) in [5.41, 5.74) is 0. The number of quaternary nitrogens is 1. The predicted octanol–water partition coefficient (Wildman–Crippen LogP) is 20.7. The van der Waals surface area contributed by atoms with Crippen LogP contribution in [-0.2, 0) is 18.4 Å². The van der Waals surface area contributed by atoms with E-state index >= 15 is 0 Å². The van der Waals surface area contributed by atoms with Crippen molar-refractivity contribution in [2.75, 3.05) is 40.9 Å². The third-order valence-corrected chi connectivity index (χ3v) is 16.4. The Morgan fingerprint density at radius 2 is 0.720 bits per heavy atom. The molecular weight excluding hydrogens is 948 g/mol. The maximum atomic E-state index is 13.0. The van der Waals surface area contributed by atoms with E-state index in [-0.39, 0.29) is 19.1 Å². The fraction of sp³-hybridized carbons (Fsp3) is 0.924. The molecule has 0 aromatic heterocycles. The highest BCUT2D eigenvalue weighted by molar-refractivity contribution is 7.47. The molecule has 0 saturated heterocycles. The van der Waals surface area contributed by atoms with Crippen molar-refractivity contribution in [3.8, 4) is 0 Å². The van der Waals surface area contributed by atoms with E-state index < -0.39 is 20.0 Å². The third-order valence-electron chi connectivity index (χ3n) is 15.4. The van der Waals surface area contributed by atoms with Gasteiger partial charge in [0.1, 0.15) is 13.2 Å². The number of amides is 1. The topological polar surface area (TPSA) is 105 Å². The van der Waals surface area contributed by atoms with E-state index in [1.54, 1.807) is 6.08 Å². The molecule has 446 valence electrons. The van der Waals surface area contributed by atoms with Crippen molar-refractivity contribution in [3.63, 3.8) is 0 Å². The van der Waals surface area contributed by atoms with Crippen molar-refractivity contribution >= 4 is 13.7 Å². The van der Waals surface area contributed by atoms with Gasteiger partial charge < -0.3 is 19.8 Å². The summed E-state index contributed by atoms with van der Waals surface area (Å²) < 4.78 is 23.8. The molecule has 9 heteroatoms. The maximum absolute atomic E-state index is 13.0. The van der Waals surface area contributed by atoms with Gasteiger partial charge in [0.25, 0.3) is 0 Å². The van der Waals surface area contributed by atoms with Crippen molar-refractivity contribution in [1.82, 2.24) is 5.32 Å². The Morgan fingerprint density at radius 3 is 1.03 bits per heavy atom. The Bertz CT molecular complexity index is 1270. The standard InChI is InChI=1S/C66H131N2O6P/c1-6-8-10-12-14-16-18-20-22-24-26-28-30-31-32-33-34-35-36-37-38-40-42-44-46-48-50-52-54-56-58-60-66(70)67-64(63-74-75(71,72)73-62-61-68(3,4)5)65(69)59-57-55-53-51-49-47-45-43-41-39-29-27-25-23-21-19-17-15-13-11-9-7-2/h24,26,57,59,64-65,69H,6-23,25,27-56,58,60-63H2,1-5H3,(H-,67,70,71,72)/p+1/b26-24-,59-57+. The minimum Gasteiger partial charge on any atom is -0.387 e. The number of hydrogen-bond donors (Lipinski definition) is 3. The molecule has 8 nitrogen and oxygen atoms in total. The van der Waals surface area contributed by atoms with Crippen molar-refractivity contribution in [2.24, 2.45) is 0 Å². The number of aliphatic hydroxyl groups is 1. The molecule has 3 N–H and O–H groups in total. The van der Waals surface area contributed by atoms with Gasteiger partial charge in [0.2, 0.25) is 5.91 Å². The normalized spacial score (nSPS) is 13.9. The molecule has 0 heterocycles. The van der Waals surface area contributed by atoms with Crippen molar-refractivity contribution in [1.29, 1.82) is 0 Å². The minimum atomic E-state index is -4.35. The number of nitrogens with one attached hydrogen (secondary N) is 1. The van der Waals surface area contributed by atoms with E-state index in [0.717, 1.165) is 32.1 Å². The predicted molar refractivity (Wildman–Crippen MR) is 328 cm³/mol. The van der Waals surface area contributed by atoms with Gasteiger partial charge in [-0.15, -0.1) is 0 Å². The van der Waals surface area contributed by atoms with Gasteiger partial charge in [-0.1, -0.05) is 314 Å². The Balaban J connectivity index is 4.05. The van der Waals surface area contributed by atoms with Crippen molar-refractivity contribution in [3.05, 3.63) is 24.3 Å². The lowest BCUT2D eigenvalue weighted by atomic mass is 10.0. The van der Waals surface area contributed by atoms with Crippen LogP contribution in [-0.4, -0.2) is 73.4 Å². The zero-order valence-corrected chi connectivity index (χ0v) is 52.0. The SMILES string of the molecule is CCCCCCCCCC/C=C\CCCCCCCCCCCCCCCCCCCCCC(=O)NC(COP(=O)(O)OCC[N+](C)(C)C)C(O)/C=C/CCCCCCCCCCCCCCCCCCCCCC. The summed E-state index contributed by atoms with van der Waals surface area (Å²) in [5.74, 6) is -0.169. The number of carbonyl (C=O) groups excluding carboxylic acids is 1. The van der Waals surface area contributed by atoms with Crippen LogP contribution < -0.4 is 5.32 Å². The Labute approximate surface area is 468 Å². The second-order valence-corrected chi connectivity index (χ2v) is 25.7. The molecule has 0 fully saturated rings. The first-order chi connectivity index (χ1) is 36.5. The van der Waals surface area contributed by atoms with E-state index in [1.807, 2.05) is 27.2 Å². The molecule has 0 aliphatic heterocycles. The van der Waals surface area contributed by atoms with Gasteiger partial charge in [-0.3, -0.25) is 13.8 Å². The maximum Gasteiger partial charge on any atom is 0.472 e. The number of allylic oxidation sites excluding steroid dienone is 3. The smallest absolute Gasteiger partial charge is 0.387 e. The van der Waals surface area contributed by atoms with E-state index in [1.165, 1.54) is 289 Å². The summed E-state index contributed by atoms with van der Waals surface area (Å²) >= 11 is 0. The summed E-state index contributed by atoms with van der Waals surface area (Å²) in [4.78, 5) is 23.4. The largest absolute Gasteiger partial charge is 0.472 e. The molecule has 0 radical (unpaired) electrons. The molecular formula is C66H132N2O6P+. The summed E-state index contributed by atoms with van der Waals surface area (Å²) in [7, 11) is 1.59.